The Bertz CT molecular complexity index is 1140. The highest BCUT2D eigenvalue weighted by Gasteiger charge is 2.54. The topological polar surface area (TPSA) is 75.4 Å². The van der Waals surface area contributed by atoms with Crippen molar-refractivity contribution in [3.05, 3.63) is 71.0 Å². The molecule has 3 fully saturated rings. The number of hydrogen-bond donors (Lipinski definition) is 2. The third-order valence-electron chi connectivity index (χ3n) is 7.91. The molecule has 2 aromatic carbocycles. The van der Waals surface area contributed by atoms with Crippen molar-refractivity contribution in [3.8, 4) is 0 Å². The van der Waals surface area contributed by atoms with E-state index in [0.717, 1.165) is 43.4 Å². The van der Waals surface area contributed by atoms with Crippen molar-refractivity contribution in [2.45, 2.75) is 80.7 Å². The lowest BCUT2D eigenvalue weighted by Gasteiger charge is -2.40. The van der Waals surface area contributed by atoms with E-state index >= 15 is 0 Å². The fourth-order valence-electron chi connectivity index (χ4n) is 5.93. The Morgan fingerprint density at radius 1 is 1.06 bits per heavy atom. The Hall–Kier alpha value is -2.94. The molecule has 2 heterocycles. The molecule has 36 heavy (non-hydrogen) atoms. The number of carbonyl (C=O) groups excluding carboxylic acids is 2. The van der Waals surface area contributed by atoms with E-state index < -0.39 is 34.9 Å². The van der Waals surface area contributed by atoms with E-state index in [4.69, 9.17) is 5.73 Å². The number of piperidine rings is 1. The summed E-state index contributed by atoms with van der Waals surface area (Å²) < 4.78 is 53.8. The molecule has 2 bridgehead atoms. The van der Waals surface area contributed by atoms with Crippen LogP contribution in [0, 0.1) is 5.82 Å². The number of rotatable bonds is 6. The van der Waals surface area contributed by atoms with E-state index in [2.05, 4.69) is 5.32 Å². The molecule has 1 saturated carbocycles. The van der Waals surface area contributed by atoms with Gasteiger partial charge in [0.05, 0.1) is 11.0 Å². The first-order valence-electron chi connectivity index (χ1n) is 12.4. The first-order chi connectivity index (χ1) is 17.1. The van der Waals surface area contributed by atoms with Gasteiger partial charge >= 0.3 is 6.18 Å². The third kappa shape index (κ3) is 4.61. The summed E-state index contributed by atoms with van der Waals surface area (Å²) in [4.78, 5) is 29.1. The van der Waals surface area contributed by atoms with E-state index in [1.807, 2.05) is 35.2 Å². The molecule has 2 amide bonds. The lowest BCUT2D eigenvalue weighted by molar-refractivity contribution is -0.141. The summed E-state index contributed by atoms with van der Waals surface area (Å²) >= 11 is 0. The maximum atomic E-state index is 14.8. The second kappa shape index (κ2) is 9.18. The zero-order valence-corrected chi connectivity index (χ0v) is 19.7. The van der Waals surface area contributed by atoms with Gasteiger partial charge in [0.1, 0.15) is 11.9 Å². The van der Waals surface area contributed by atoms with Gasteiger partial charge in [0.15, 0.2) is 0 Å². The fourth-order valence-corrected chi connectivity index (χ4v) is 5.93. The van der Waals surface area contributed by atoms with Crippen LogP contribution in [0.15, 0.2) is 48.5 Å². The van der Waals surface area contributed by atoms with Crippen molar-refractivity contribution in [3.63, 3.8) is 0 Å². The summed E-state index contributed by atoms with van der Waals surface area (Å²) in [6, 6.07) is 10.8. The van der Waals surface area contributed by atoms with Crippen molar-refractivity contribution in [1.29, 1.82) is 0 Å². The Balaban J connectivity index is 1.40. The van der Waals surface area contributed by atoms with Crippen LogP contribution in [0.5, 0.6) is 0 Å². The highest BCUT2D eigenvalue weighted by atomic mass is 19.4. The molecule has 3 N–H and O–H groups in total. The summed E-state index contributed by atoms with van der Waals surface area (Å²) in [5.74, 6) is -1.78. The molecule has 2 saturated heterocycles. The summed E-state index contributed by atoms with van der Waals surface area (Å²) in [6.07, 6.45) is -0.632. The SMILES string of the molecule is NC1CC2CCC(C1)N2C(=O)[C@H](Cc1ccccc1)NC(=O)C1(c2ccc(C(F)(F)F)cc2F)CC1. The first-order valence-corrected chi connectivity index (χ1v) is 12.4. The van der Waals surface area contributed by atoms with Crippen LogP contribution in [0.2, 0.25) is 0 Å². The zero-order chi connectivity index (χ0) is 25.7. The molecule has 2 unspecified atom stereocenters. The molecule has 192 valence electrons. The van der Waals surface area contributed by atoms with Gasteiger partial charge in [-0.25, -0.2) is 4.39 Å². The number of carbonyl (C=O) groups is 2. The fraction of sp³-hybridized carbons (Fsp3) is 0.481. The first kappa shape index (κ1) is 24.7. The van der Waals surface area contributed by atoms with Crippen molar-refractivity contribution >= 4 is 11.8 Å². The molecule has 3 atom stereocenters. The molecule has 5 rings (SSSR count). The lowest BCUT2D eigenvalue weighted by atomic mass is 9.92. The predicted octanol–water partition coefficient (Wildman–Crippen LogP) is 4.08. The summed E-state index contributed by atoms with van der Waals surface area (Å²) in [5, 5.41) is 2.87. The molecular formula is C27H29F4N3O2. The molecule has 0 aromatic heterocycles. The minimum absolute atomic E-state index is 0.0312. The van der Waals surface area contributed by atoms with Gasteiger partial charge in [-0.15, -0.1) is 0 Å². The molecule has 3 aliphatic rings. The van der Waals surface area contributed by atoms with Gasteiger partial charge in [-0.1, -0.05) is 36.4 Å². The Labute approximate surface area is 207 Å². The van der Waals surface area contributed by atoms with Crippen LogP contribution in [0.3, 0.4) is 0 Å². The Kier molecular flexibility index (Phi) is 6.31. The Morgan fingerprint density at radius 2 is 1.69 bits per heavy atom. The summed E-state index contributed by atoms with van der Waals surface area (Å²) in [7, 11) is 0. The van der Waals surface area contributed by atoms with Crippen LogP contribution >= 0.6 is 0 Å². The van der Waals surface area contributed by atoms with Crippen LogP contribution in [0.25, 0.3) is 0 Å². The van der Waals surface area contributed by atoms with Crippen LogP contribution in [-0.4, -0.2) is 40.9 Å². The molecule has 2 aromatic rings. The number of alkyl halides is 3. The standard InChI is InChI=1S/C27H29F4N3O2/c28-22-13-17(27(29,30)31)6-9-21(22)26(10-11-26)25(36)33-23(12-16-4-2-1-3-5-16)24(35)34-19-7-8-20(34)15-18(32)14-19/h1-6,9,13,18-20,23H,7-8,10-12,14-15,32H2,(H,33,36)/t18?,19?,20?,23-/m0/s1. The molecule has 9 heteroatoms. The van der Waals surface area contributed by atoms with Gasteiger partial charge in [-0.05, 0) is 56.2 Å². The zero-order valence-electron chi connectivity index (χ0n) is 19.7. The van der Waals surface area contributed by atoms with Crippen molar-refractivity contribution in [2.24, 2.45) is 5.73 Å². The van der Waals surface area contributed by atoms with Gasteiger partial charge in [-0.3, -0.25) is 9.59 Å². The van der Waals surface area contributed by atoms with Crippen molar-refractivity contribution in [2.75, 3.05) is 0 Å². The monoisotopic (exact) mass is 503 g/mol. The minimum Gasteiger partial charge on any atom is -0.343 e. The van der Waals surface area contributed by atoms with E-state index in [0.29, 0.717) is 18.9 Å². The molecule has 1 aliphatic carbocycles. The van der Waals surface area contributed by atoms with Crippen LogP contribution in [0.1, 0.15) is 55.2 Å². The minimum atomic E-state index is -4.68. The largest absolute Gasteiger partial charge is 0.416 e. The quantitative estimate of drug-likeness (QED) is 0.584. The lowest BCUT2D eigenvalue weighted by Crippen LogP contribution is -2.58. The predicted molar refractivity (Wildman–Crippen MR) is 125 cm³/mol. The number of fused-ring (bicyclic) bond motifs is 2. The van der Waals surface area contributed by atoms with Gasteiger partial charge in [-0.2, -0.15) is 13.2 Å². The number of hydrogen-bond acceptors (Lipinski definition) is 3. The van der Waals surface area contributed by atoms with Crippen molar-refractivity contribution < 1.29 is 27.2 Å². The molecule has 0 radical (unpaired) electrons. The smallest absolute Gasteiger partial charge is 0.343 e. The average Bonchev–Trinajstić information content (AvgIpc) is 3.58. The number of nitrogens with two attached hydrogens (primary N) is 1. The number of amides is 2. The summed E-state index contributed by atoms with van der Waals surface area (Å²) in [5.41, 5.74) is 4.59. The maximum Gasteiger partial charge on any atom is 0.416 e. The van der Waals surface area contributed by atoms with E-state index in [1.165, 1.54) is 0 Å². The van der Waals surface area contributed by atoms with Gasteiger partial charge < -0.3 is 16.0 Å². The number of halogens is 4. The van der Waals surface area contributed by atoms with E-state index in [-0.39, 0.29) is 36.0 Å². The highest BCUT2D eigenvalue weighted by molar-refractivity contribution is 5.95. The van der Waals surface area contributed by atoms with Crippen LogP contribution in [0.4, 0.5) is 17.6 Å². The third-order valence-corrected chi connectivity index (χ3v) is 7.91. The van der Waals surface area contributed by atoms with E-state index in [1.54, 1.807) is 0 Å². The van der Waals surface area contributed by atoms with Gasteiger partial charge in [0.25, 0.3) is 0 Å². The molecular weight excluding hydrogens is 474 g/mol. The number of benzene rings is 2. The molecule has 0 spiro atoms. The maximum absolute atomic E-state index is 14.8. The second-order valence-corrected chi connectivity index (χ2v) is 10.4. The highest BCUT2D eigenvalue weighted by Crippen LogP contribution is 2.50. The van der Waals surface area contributed by atoms with Crippen LogP contribution in [-0.2, 0) is 27.6 Å². The second-order valence-electron chi connectivity index (χ2n) is 10.4. The number of nitrogens with zero attached hydrogens (tertiary/aromatic N) is 1. The normalized spacial score (nSPS) is 25.4. The average molecular weight is 504 g/mol. The van der Waals surface area contributed by atoms with E-state index in [9.17, 15) is 27.2 Å². The number of nitrogens with one attached hydrogen (secondary N) is 1. The Morgan fingerprint density at radius 3 is 2.25 bits per heavy atom. The van der Waals surface area contributed by atoms with Gasteiger partial charge in [0.2, 0.25) is 11.8 Å². The summed E-state index contributed by atoms with van der Waals surface area (Å²) in [6.45, 7) is 0. The van der Waals surface area contributed by atoms with Gasteiger partial charge in [0, 0.05) is 30.1 Å². The van der Waals surface area contributed by atoms with Crippen molar-refractivity contribution in [1.82, 2.24) is 10.2 Å². The van der Waals surface area contributed by atoms with Crippen LogP contribution < -0.4 is 11.1 Å². The molecule has 5 nitrogen and oxygen atoms in total. The molecule has 2 aliphatic heterocycles.